The molecule has 1 aromatic carbocycles. The molecular formula is C18H17ClF3N7S. The molecule has 0 spiro atoms. The van der Waals surface area contributed by atoms with Crippen LogP contribution in [0.5, 0.6) is 0 Å². The second kappa shape index (κ2) is 8.32. The number of anilines is 1. The van der Waals surface area contributed by atoms with Gasteiger partial charge in [0.2, 0.25) is 16.5 Å². The lowest BCUT2D eigenvalue weighted by Crippen LogP contribution is -2.47. The minimum Gasteiger partial charge on any atom is -0.338 e. The Morgan fingerprint density at radius 1 is 1.00 bits per heavy atom. The highest BCUT2D eigenvalue weighted by molar-refractivity contribution is 7.71. The molecule has 158 valence electrons. The Balaban J connectivity index is 1.55. The lowest BCUT2D eigenvalue weighted by molar-refractivity contribution is -0.146. The standard InChI is InChI=1S/C18H17ClF3N7S/c19-13-2-4-14(5-3-13)29-15(18(20,21)22)25-28(17(29)30)12-26-8-10-27(11-9-26)16-23-6-1-7-24-16/h1-7H,8-12H2. The molecule has 3 heterocycles. The van der Waals surface area contributed by atoms with Gasteiger partial charge in [-0.05, 0) is 42.5 Å². The van der Waals surface area contributed by atoms with Gasteiger partial charge in [0, 0.05) is 43.6 Å². The summed E-state index contributed by atoms with van der Waals surface area (Å²) in [4.78, 5) is 12.5. The van der Waals surface area contributed by atoms with Gasteiger partial charge in [0.25, 0.3) is 0 Å². The molecule has 30 heavy (non-hydrogen) atoms. The summed E-state index contributed by atoms with van der Waals surface area (Å²) in [6.45, 7) is 2.71. The Labute approximate surface area is 180 Å². The fourth-order valence-electron chi connectivity index (χ4n) is 3.24. The summed E-state index contributed by atoms with van der Waals surface area (Å²) in [5.74, 6) is -0.425. The van der Waals surface area contributed by atoms with Crippen LogP contribution in [0.2, 0.25) is 5.02 Å². The third-order valence-corrected chi connectivity index (χ3v) is 5.36. The summed E-state index contributed by atoms with van der Waals surface area (Å²) in [5, 5.41) is 4.21. The topological polar surface area (TPSA) is 55.0 Å². The van der Waals surface area contributed by atoms with Crippen molar-refractivity contribution < 1.29 is 13.2 Å². The summed E-state index contributed by atoms with van der Waals surface area (Å²) in [7, 11) is 0. The molecule has 1 fully saturated rings. The van der Waals surface area contributed by atoms with Crippen molar-refractivity contribution in [2.75, 3.05) is 31.1 Å². The van der Waals surface area contributed by atoms with Crippen molar-refractivity contribution in [3.8, 4) is 5.69 Å². The Morgan fingerprint density at radius 3 is 2.23 bits per heavy atom. The number of hydrogen-bond donors (Lipinski definition) is 0. The van der Waals surface area contributed by atoms with E-state index in [1.54, 1.807) is 18.5 Å². The first-order valence-electron chi connectivity index (χ1n) is 9.10. The van der Waals surface area contributed by atoms with E-state index in [1.807, 2.05) is 9.80 Å². The zero-order valence-corrected chi connectivity index (χ0v) is 17.2. The summed E-state index contributed by atoms with van der Waals surface area (Å²) in [6, 6.07) is 7.74. The van der Waals surface area contributed by atoms with Crippen molar-refractivity contribution in [1.29, 1.82) is 0 Å². The minimum atomic E-state index is -4.65. The van der Waals surface area contributed by atoms with Crippen LogP contribution in [0.4, 0.5) is 19.1 Å². The monoisotopic (exact) mass is 455 g/mol. The minimum absolute atomic E-state index is 0.0292. The van der Waals surface area contributed by atoms with E-state index in [4.69, 9.17) is 23.8 Å². The van der Waals surface area contributed by atoms with E-state index < -0.39 is 12.0 Å². The predicted octanol–water partition coefficient (Wildman–Crippen LogP) is 3.65. The van der Waals surface area contributed by atoms with Gasteiger partial charge in [0.1, 0.15) is 0 Å². The molecule has 1 aliphatic heterocycles. The normalized spacial score (nSPS) is 15.5. The fourth-order valence-corrected chi connectivity index (χ4v) is 3.66. The van der Waals surface area contributed by atoms with Gasteiger partial charge in [-0.25, -0.2) is 14.6 Å². The first-order valence-corrected chi connectivity index (χ1v) is 9.89. The Hall–Kier alpha value is -2.50. The molecule has 2 aromatic heterocycles. The summed E-state index contributed by atoms with van der Waals surface area (Å²) < 4.78 is 43.0. The van der Waals surface area contributed by atoms with E-state index in [0.29, 0.717) is 37.1 Å². The molecule has 7 nitrogen and oxygen atoms in total. The SMILES string of the molecule is FC(F)(F)c1nn(CN2CCN(c3ncccn3)CC2)c(=S)n1-c1ccc(Cl)cc1. The van der Waals surface area contributed by atoms with Crippen LogP contribution >= 0.6 is 23.8 Å². The number of halogens is 4. The van der Waals surface area contributed by atoms with Gasteiger partial charge in [-0.3, -0.25) is 9.47 Å². The van der Waals surface area contributed by atoms with Crippen LogP contribution < -0.4 is 4.90 Å². The number of nitrogens with zero attached hydrogens (tertiary/aromatic N) is 7. The van der Waals surface area contributed by atoms with E-state index >= 15 is 0 Å². The number of alkyl halides is 3. The lowest BCUT2D eigenvalue weighted by atomic mass is 10.3. The van der Waals surface area contributed by atoms with E-state index in [1.165, 1.54) is 28.9 Å². The van der Waals surface area contributed by atoms with Crippen LogP contribution in [0, 0.1) is 4.77 Å². The second-order valence-corrected chi connectivity index (χ2v) is 7.51. The van der Waals surface area contributed by atoms with Crippen molar-refractivity contribution in [2.24, 2.45) is 0 Å². The van der Waals surface area contributed by atoms with E-state index in [9.17, 15) is 13.2 Å². The van der Waals surface area contributed by atoms with E-state index in [-0.39, 0.29) is 17.1 Å². The molecule has 0 aliphatic carbocycles. The van der Waals surface area contributed by atoms with Crippen molar-refractivity contribution in [3.05, 3.63) is 58.3 Å². The largest absolute Gasteiger partial charge is 0.452 e. The van der Waals surface area contributed by atoms with Crippen LogP contribution in [0.25, 0.3) is 5.69 Å². The van der Waals surface area contributed by atoms with Gasteiger partial charge < -0.3 is 4.90 Å². The second-order valence-electron chi connectivity index (χ2n) is 6.71. The average Bonchev–Trinajstić information content (AvgIpc) is 3.06. The number of piperazine rings is 1. The van der Waals surface area contributed by atoms with Crippen LogP contribution in [-0.2, 0) is 12.8 Å². The van der Waals surface area contributed by atoms with E-state index in [0.717, 1.165) is 4.57 Å². The Kier molecular flexibility index (Phi) is 5.76. The van der Waals surface area contributed by atoms with E-state index in [2.05, 4.69) is 15.1 Å². The van der Waals surface area contributed by atoms with Crippen molar-refractivity contribution >= 4 is 29.8 Å². The average molecular weight is 456 g/mol. The maximum atomic E-state index is 13.6. The molecule has 0 amide bonds. The van der Waals surface area contributed by atoms with Gasteiger partial charge in [-0.1, -0.05) is 11.6 Å². The van der Waals surface area contributed by atoms with Crippen LogP contribution in [-0.4, -0.2) is 55.4 Å². The van der Waals surface area contributed by atoms with Crippen molar-refractivity contribution in [1.82, 2.24) is 29.2 Å². The third-order valence-electron chi connectivity index (χ3n) is 4.72. The molecule has 0 unspecified atom stereocenters. The quantitative estimate of drug-likeness (QED) is 0.560. The smallest absolute Gasteiger partial charge is 0.338 e. The first-order chi connectivity index (χ1) is 14.3. The predicted molar refractivity (Wildman–Crippen MR) is 108 cm³/mol. The molecule has 0 atom stereocenters. The van der Waals surface area contributed by atoms with Crippen LogP contribution in [0.1, 0.15) is 5.82 Å². The van der Waals surface area contributed by atoms with Gasteiger partial charge in [0.05, 0.1) is 12.4 Å². The van der Waals surface area contributed by atoms with Crippen molar-refractivity contribution in [3.63, 3.8) is 0 Å². The third kappa shape index (κ3) is 4.32. The van der Waals surface area contributed by atoms with Gasteiger partial charge in [-0.15, -0.1) is 5.10 Å². The van der Waals surface area contributed by atoms with Crippen LogP contribution in [0.15, 0.2) is 42.7 Å². The number of hydrogen-bond acceptors (Lipinski definition) is 6. The Morgan fingerprint density at radius 2 is 1.63 bits per heavy atom. The van der Waals surface area contributed by atoms with Gasteiger partial charge in [0.15, 0.2) is 0 Å². The first kappa shape index (κ1) is 20.8. The summed E-state index contributed by atoms with van der Waals surface area (Å²) in [6.07, 6.45) is -1.30. The zero-order chi connectivity index (χ0) is 21.3. The molecule has 1 aliphatic rings. The number of aromatic nitrogens is 5. The zero-order valence-electron chi connectivity index (χ0n) is 15.6. The maximum Gasteiger partial charge on any atom is 0.452 e. The fraction of sp³-hybridized carbons (Fsp3) is 0.333. The van der Waals surface area contributed by atoms with Crippen LogP contribution in [0.3, 0.4) is 0 Å². The molecule has 12 heteroatoms. The van der Waals surface area contributed by atoms with Gasteiger partial charge >= 0.3 is 6.18 Å². The highest BCUT2D eigenvalue weighted by atomic mass is 35.5. The molecule has 0 saturated carbocycles. The molecule has 0 bridgehead atoms. The Bertz CT molecular complexity index is 1060. The molecule has 0 N–H and O–H groups in total. The molecular weight excluding hydrogens is 439 g/mol. The molecule has 0 radical (unpaired) electrons. The molecule has 4 rings (SSSR count). The number of benzene rings is 1. The van der Waals surface area contributed by atoms with Crippen molar-refractivity contribution in [2.45, 2.75) is 12.8 Å². The maximum absolute atomic E-state index is 13.6. The highest BCUT2D eigenvalue weighted by Crippen LogP contribution is 2.30. The highest BCUT2D eigenvalue weighted by Gasteiger charge is 2.39. The summed E-state index contributed by atoms with van der Waals surface area (Å²) in [5.41, 5.74) is 0.258. The number of rotatable bonds is 4. The molecule has 3 aromatic rings. The lowest BCUT2D eigenvalue weighted by Gasteiger charge is -2.34. The van der Waals surface area contributed by atoms with Gasteiger partial charge in [-0.2, -0.15) is 13.2 Å². The molecule has 1 saturated heterocycles. The summed E-state index contributed by atoms with van der Waals surface area (Å²) >= 11 is 11.2.